The van der Waals surface area contributed by atoms with Crippen LogP contribution in [0.5, 0.6) is 0 Å². The maximum atomic E-state index is 6.77. The Hall–Kier alpha value is -1.78. The molecule has 1 aliphatic rings. The van der Waals surface area contributed by atoms with Crippen LogP contribution in [0.25, 0.3) is 21.9 Å². The molecule has 1 aromatic heterocycles. The standard InChI is InChI=1S/C28H39BO3/c1-16-13-18-21-22(29-31-27(9,10)28(11,12)32-29)17(2)15-20(26(6,7)8)24(21)30-23(18)19(14-16)25(3,4)5/h13-15H,1-12H3. The molecule has 1 fully saturated rings. The van der Waals surface area contributed by atoms with Gasteiger partial charge in [-0.1, -0.05) is 59.2 Å². The van der Waals surface area contributed by atoms with Gasteiger partial charge < -0.3 is 13.7 Å². The highest BCUT2D eigenvalue weighted by molar-refractivity contribution is 6.66. The zero-order chi connectivity index (χ0) is 24.0. The fourth-order valence-electron chi connectivity index (χ4n) is 4.74. The van der Waals surface area contributed by atoms with Crippen molar-refractivity contribution in [3.63, 3.8) is 0 Å². The first-order chi connectivity index (χ1) is 14.4. The van der Waals surface area contributed by atoms with Gasteiger partial charge in [0.05, 0.1) is 11.2 Å². The molecule has 1 saturated heterocycles. The molecule has 0 unspecified atom stereocenters. The van der Waals surface area contributed by atoms with E-state index in [1.165, 1.54) is 22.3 Å². The van der Waals surface area contributed by atoms with Crippen molar-refractivity contribution < 1.29 is 13.7 Å². The van der Waals surface area contributed by atoms with Crippen LogP contribution in [0.4, 0.5) is 0 Å². The molecule has 0 radical (unpaired) electrons. The summed E-state index contributed by atoms with van der Waals surface area (Å²) in [5.41, 5.74) is 7.03. The van der Waals surface area contributed by atoms with E-state index >= 15 is 0 Å². The van der Waals surface area contributed by atoms with E-state index < -0.39 is 18.3 Å². The highest BCUT2D eigenvalue weighted by atomic mass is 16.7. The Bertz CT molecular complexity index is 1200. The van der Waals surface area contributed by atoms with Gasteiger partial charge in [-0.05, 0) is 69.5 Å². The molecule has 2 heterocycles. The lowest BCUT2D eigenvalue weighted by atomic mass is 9.71. The number of rotatable bonds is 1. The molecule has 0 amide bonds. The molecular weight excluding hydrogens is 395 g/mol. The van der Waals surface area contributed by atoms with E-state index in [2.05, 4.69) is 101 Å². The second kappa shape index (κ2) is 6.87. The molecule has 0 bridgehead atoms. The lowest BCUT2D eigenvalue weighted by molar-refractivity contribution is 0.00578. The van der Waals surface area contributed by atoms with E-state index in [9.17, 15) is 0 Å². The van der Waals surface area contributed by atoms with Crippen LogP contribution in [-0.2, 0) is 20.1 Å². The van der Waals surface area contributed by atoms with Gasteiger partial charge in [-0.15, -0.1) is 0 Å². The van der Waals surface area contributed by atoms with Crippen LogP contribution in [0.2, 0.25) is 0 Å². The number of furan rings is 1. The zero-order valence-electron chi connectivity index (χ0n) is 22.0. The van der Waals surface area contributed by atoms with Crippen molar-refractivity contribution >= 4 is 34.5 Å². The van der Waals surface area contributed by atoms with Crippen molar-refractivity contribution in [1.29, 1.82) is 0 Å². The predicted octanol–water partition coefficient (Wildman–Crippen LogP) is 7.10. The van der Waals surface area contributed by atoms with Crippen molar-refractivity contribution in [2.75, 3.05) is 0 Å². The molecule has 3 nitrogen and oxygen atoms in total. The van der Waals surface area contributed by atoms with Gasteiger partial charge in [0.2, 0.25) is 0 Å². The van der Waals surface area contributed by atoms with E-state index in [1.54, 1.807) is 0 Å². The lowest BCUT2D eigenvalue weighted by Gasteiger charge is -2.32. The first-order valence-corrected chi connectivity index (χ1v) is 11.8. The highest BCUT2D eigenvalue weighted by Crippen LogP contribution is 2.43. The number of hydrogen-bond acceptors (Lipinski definition) is 3. The summed E-state index contributed by atoms with van der Waals surface area (Å²) in [5, 5.41) is 2.29. The van der Waals surface area contributed by atoms with Crippen LogP contribution < -0.4 is 5.46 Å². The summed E-state index contributed by atoms with van der Waals surface area (Å²) in [7, 11) is -0.434. The molecule has 0 spiro atoms. The topological polar surface area (TPSA) is 31.6 Å². The first-order valence-electron chi connectivity index (χ1n) is 11.8. The maximum Gasteiger partial charge on any atom is 0.495 e. The van der Waals surface area contributed by atoms with Crippen molar-refractivity contribution in [2.24, 2.45) is 0 Å². The second-order valence-electron chi connectivity index (χ2n) is 12.7. The SMILES string of the molecule is Cc1cc(C(C)(C)C)c2oc3c(C(C)(C)C)cc(C)c(B4OC(C)(C)C(C)(C)O4)c3c2c1. The third-order valence-corrected chi connectivity index (χ3v) is 7.34. The van der Waals surface area contributed by atoms with Crippen LogP contribution in [0.15, 0.2) is 22.6 Å². The Morgan fingerprint density at radius 3 is 1.72 bits per heavy atom. The quantitative estimate of drug-likeness (QED) is 0.383. The van der Waals surface area contributed by atoms with Crippen LogP contribution in [-0.4, -0.2) is 18.3 Å². The van der Waals surface area contributed by atoms with E-state index in [0.29, 0.717) is 0 Å². The smallest absolute Gasteiger partial charge is 0.455 e. The molecule has 0 N–H and O–H groups in total. The fourth-order valence-corrected chi connectivity index (χ4v) is 4.74. The van der Waals surface area contributed by atoms with E-state index in [1.807, 2.05) is 0 Å². The van der Waals surface area contributed by atoms with Gasteiger partial charge in [-0.3, -0.25) is 0 Å². The van der Waals surface area contributed by atoms with Crippen molar-refractivity contribution in [3.8, 4) is 0 Å². The Balaban J connectivity index is 2.16. The summed E-state index contributed by atoms with van der Waals surface area (Å²) in [6, 6.07) is 6.80. The Morgan fingerprint density at radius 2 is 1.22 bits per heavy atom. The first kappa shape index (κ1) is 23.4. The van der Waals surface area contributed by atoms with Gasteiger partial charge in [0.25, 0.3) is 0 Å². The van der Waals surface area contributed by atoms with Crippen molar-refractivity contribution in [2.45, 2.75) is 105 Å². The summed E-state index contributed by atoms with van der Waals surface area (Å²) in [6.07, 6.45) is 0. The fraction of sp³-hybridized carbons (Fsp3) is 0.571. The molecule has 1 aliphatic heterocycles. The Morgan fingerprint density at radius 1 is 0.719 bits per heavy atom. The number of hydrogen-bond donors (Lipinski definition) is 0. The van der Waals surface area contributed by atoms with Crippen LogP contribution in [0.3, 0.4) is 0 Å². The van der Waals surface area contributed by atoms with Gasteiger partial charge in [0, 0.05) is 21.9 Å². The number of fused-ring (bicyclic) bond motifs is 3. The normalized spacial score (nSPS) is 18.8. The maximum absolute atomic E-state index is 6.77. The minimum atomic E-state index is -0.434. The average Bonchev–Trinajstić information content (AvgIpc) is 3.06. The molecule has 3 aromatic rings. The molecule has 172 valence electrons. The van der Waals surface area contributed by atoms with Crippen molar-refractivity contribution in [3.05, 3.63) is 40.5 Å². The van der Waals surface area contributed by atoms with E-state index in [4.69, 9.17) is 13.7 Å². The molecule has 2 aromatic carbocycles. The Kier molecular flexibility index (Phi) is 5.02. The minimum absolute atomic E-state index is 0.0282. The summed E-state index contributed by atoms with van der Waals surface area (Å²) >= 11 is 0. The highest BCUT2D eigenvalue weighted by Gasteiger charge is 2.53. The van der Waals surface area contributed by atoms with Gasteiger partial charge in [0.15, 0.2) is 0 Å². The molecule has 0 aliphatic carbocycles. The zero-order valence-corrected chi connectivity index (χ0v) is 22.0. The predicted molar refractivity (Wildman–Crippen MR) is 136 cm³/mol. The van der Waals surface area contributed by atoms with Gasteiger partial charge in [0.1, 0.15) is 11.2 Å². The third kappa shape index (κ3) is 3.51. The summed E-state index contributed by atoms with van der Waals surface area (Å²) in [6.45, 7) is 26.3. The van der Waals surface area contributed by atoms with E-state index in [0.717, 1.165) is 27.4 Å². The van der Waals surface area contributed by atoms with Crippen LogP contribution in [0.1, 0.15) is 91.5 Å². The lowest BCUT2D eigenvalue weighted by Crippen LogP contribution is -2.41. The molecule has 0 atom stereocenters. The Labute approximate surface area is 194 Å². The van der Waals surface area contributed by atoms with Crippen LogP contribution >= 0.6 is 0 Å². The van der Waals surface area contributed by atoms with Crippen molar-refractivity contribution in [1.82, 2.24) is 0 Å². The summed E-state index contributed by atoms with van der Waals surface area (Å²) in [4.78, 5) is 0. The summed E-state index contributed by atoms with van der Waals surface area (Å²) < 4.78 is 19.9. The number of aryl methyl sites for hydroxylation is 2. The molecular formula is C28H39BO3. The third-order valence-electron chi connectivity index (χ3n) is 7.34. The summed E-state index contributed by atoms with van der Waals surface area (Å²) in [5.74, 6) is 0. The molecule has 4 rings (SSSR count). The molecule has 0 saturated carbocycles. The average molecular weight is 434 g/mol. The number of benzene rings is 2. The minimum Gasteiger partial charge on any atom is -0.455 e. The molecule has 32 heavy (non-hydrogen) atoms. The van der Waals surface area contributed by atoms with Crippen LogP contribution in [0, 0.1) is 13.8 Å². The van der Waals surface area contributed by atoms with E-state index in [-0.39, 0.29) is 10.8 Å². The van der Waals surface area contributed by atoms with Gasteiger partial charge >= 0.3 is 7.12 Å². The largest absolute Gasteiger partial charge is 0.495 e. The second-order valence-corrected chi connectivity index (χ2v) is 12.7. The molecule has 4 heteroatoms. The monoisotopic (exact) mass is 434 g/mol. The van der Waals surface area contributed by atoms with Gasteiger partial charge in [-0.25, -0.2) is 0 Å². The van der Waals surface area contributed by atoms with Gasteiger partial charge in [-0.2, -0.15) is 0 Å².